The number of aliphatic hydroxyl groups excluding tert-OH is 1. The number of aromatic nitrogens is 1. The Labute approximate surface area is 70.6 Å². The molecule has 0 radical (unpaired) electrons. The molecule has 0 aliphatic rings. The van der Waals surface area contributed by atoms with E-state index in [1.807, 2.05) is 0 Å². The van der Waals surface area contributed by atoms with Gasteiger partial charge in [0.1, 0.15) is 6.10 Å². The van der Waals surface area contributed by atoms with E-state index >= 15 is 0 Å². The fourth-order valence-electron chi connectivity index (χ4n) is 0.800. The maximum absolute atomic E-state index is 9.43. The molecule has 0 bridgehead atoms. The van der Waals surface area contributed by atoms with Gasteiger partial charge in [-0.1, -0.05) is 12.6 Å². The molecule has 1 aromatic heterocycles. The Kier molecular flexibility index (Phi) is 2.57. The minimum absolute atomic E-state index is 0.128. The van der Waals surface area contributed by atoms with Crippen LogP contribution in [0.4, 0.5) is 0 Å². The van der Waals surface area contributed by atoms with Crippen LogP contribution in [-0.2, 0) is 0 Å². The first kappa shape index (κ1) is 8.44. The summed E-state index contributed by atoms with van der Waals surface area (Å²) >= 11 is 0. The van der Waals surface area contributed by atoms with Crippen molar-refractivity contribution >= 4 is 0 Å². The molecular weight excluding hydrogens is 152 g/mol. The zero-order valence-corrected chi connectivity index (χ0v) is 6.44. The summed E-state index contributed by atoms with van der Waals surface area (Å²) in [6.45, 7) is 3.41. The van der Waals surface area contributed by atoms with Gasteiger partial charge >= 0.3 is 0 Å². The Morgan fingerprint density at radius 1 is 1.75 bits per heavy atom. The second-order valence-corrected chi connectivity index (χ2v) is 2.33. The van der Waals surface area contributed by atoms with Gasteiger partial charge in [0.25, 0.3) is 0 Å². The summed E-state index contributed by atoms with van der Waals surface area (Å²) in [4.78, 5) is 3.81. The Balaban J connectivity index is 2.87. The van der Waals surface area contributed by atoms with E-state index in [-0.39, 0.29) is 5.57 Å². The van der Waals surface area contributed by atoms with Gasteiger partial charge in [0.15, 0.2) is 0 Å². The quantitative estimate of drug-likeness (QED) is 0.661. The number of aliphatic hydroxyl groups is 1. The summed E-state index contributed by atoms with van der Waals surface area (Å²) in [5.41, 5.74) is 0.715. The van der Waals surface area contributed by atoms with Gasteiger partial charge in [0.2, 0.25) is 0 Å². The third-order valence-corrected chi connectivity index (χ3v) is 1.47. The van der Waals surface area contributed by atoms with E-state index in [9.17, 15) is 5.11 Å². The van der Waals surface area contributed by atoms with Gasteiger partial charge in [-0.05, 0) is 6.07 Å². The van der Waals surface area contributed by atoms with Gasteiger partial charge in [-0.15, -0.1) is 0 Å². The van der Waals surface area contributed by atoms with Crippen molar-refractivity contribution in [1.82, 2.24) is 4.98 Å². The van der Waals surface area contributed by atoms with Crippen LogP contribution in [0.1, 0.15) is 11.7 Å². The minimum atomic E-state index is -0.927. The van der Waals surface area contributed by atoms with Crippen molar-refractivity contribution in [3.8, 4) is 6.07 Å². The molecule has 1 atom stereocenters. The third-order valence-electron chi connectivity index (χ3n) is 1.47. The van der Waals surface area contributed by atoms with Crippen LogP contribution in [0.5, 0.6) is 0 Å². The summed E-state index contributed by atoms with van der Waals surface area (Å²) < 4.78 is 0. The molecule has 0 saturated heterocycles. The van der Waals surface area contributed by atoms with E-state index in [1.165, 1.54) is 6.20 Å². The predicted molar refractivity (Wildman–Crippen MR) is 43.9 cm³/mol. The minimum Gasteiger partial charge on any atom is -0.383 e. The molecule has 0 fully saturated rings. The van der Waals surface area contributed by atoms with E-state index in [0.717, 1.165) is 0 Å². The second kappa shape index (κ2) is 3.65. The highest BCUT2D eigenvalue weighted by Gasteiger charge is 2.09. The van der Waals surface area contributed by atoms with E-state index in [0.29, 0.717) is 5.56 Å². The van der Waals surface area contributed by atoms with E-state index in [2.05, 4.69) is 11.6 Å². The van der Waals surface area contributed by atoms with Gasteiger partial charge < -0.3 is 5.11 Å². The first-order valence-corrected chi connectivity index (χ1v) is 3.42. The van der Waals surface area contributed by atoms with Crippen LogP contribution in [0.25, 0.3) is 0 Å². The molecule has 0 unspecified atom stereocenters. The second-order valence-electron chi connectivity index (χ2n) is 2.33. The molecule has 0 spiro atoms. The number of rotatable bonds is 2. The molecule has 0 amide bonds. The van der Waals surface area contributed by atoms with Crippen LogP contribution < -0.4 is 0 Å². The van der Waals surface area contributed by atoms with Crippen molar-refractivity contribution in [2.45, 2.75) is 6.10 Å². The standard InChI is InChI=1S/C9H8N2O/c1-7(5-10)9(12)8-3-2-4-11-6-8/h2-4,6,9,12H,1H2/t9-/m1/s1. The average molecular weight is 160 g/mol. The lowest BCUT2D eigenvalue weighted by molar-refractivity contribution is 0.220. The lowest BCUT2D eigenvalue weighted by Gasteiger charge is -2.06. The van der Waals surface area contributed by atoms with Crippen LogP contribution >= 0.6 is 0 Å². The number of hydrogen-bond acceptors (Lipinski definition) is 3. The molecular formula is C9H8N2O. The first-order chi connectivity index (χ1) is 5.75. The van der Waals surface area contributed by atoms with Crippen molar-refractivity contribution in [2.75, 3.05) is 0 Å². The van der Waals surface area contributed by atoms with Crippen LogP contribution in [0.15, 0.2) is 36.7 Å². The maximum atomic E-state index is 9.43. The first-order valence-electron chi connectivity index (χ1n) is 3.42. The van der Waals surface area contributed by atoms with Gasteiger partial charge in [-0.3, -0.25) is 4.98 Å². The summed E-state index contributed by atoms with van der Waals surface area (Å²) in [6.07, 6.45) is 2.18. The zero-order valence-electron chi connectivity index (χ0n) is 6.44. The van der Waals surface area contributed by atoms with Gasteiger partial charge in [-0.25, -0.2) is 0 Å². The summed E-state index contributed by atoms with van der Waals surface area (Å²) in [5.74, 6) is 0. The maximum Gasteiger partial charge on any atom is 0.115 e. The zero-order chi connectivity index (χ0) is 8.97. The van der Waals surface area contributed by atoms with Crippen LogP contribution in [0.2, 0.25) is 0 Å². The van der Waals surface area contributed by atoms with Crippen molar-refractivity contribution < 1.29 is 5.11 Å². The number of nitrogens with zero attached hydrogens (tertiary/aromatic N) is 2. The molecule has 0 aromatic carbocycles. The largest absolute Gasteiger partial charge is 0.383 e. The molecule has 3 heteroatoms. The normalized spacial score (nSPS) is 11.7. The molecule has 0 saturated carbocycles. The molecule has 1 heterocycles. The van der Waals surface area contributed by atoms with Crippen LogP contribution in [0, 0.1) is 11.3 Å². The van der Waals surface area contributed by atoms with Crippen molar-refractivity contribution in [3.05, 3.63) is 42.2 Å². The average Bonchev–Trinajstić information content (AvgIpc) is 2.17. The molecule has 0 aliphatic carbocycles. The summed E-state index contributed by atoms with van der Waals surface area (Å²) in [6, 6.07) is 5.18. The molecule has 1 N–H and O–H groups in total. The van der Waals surface area contributed by atoms with E-state index in [4.69, 9.17) is 5.26 Å². The Morgan fingerprint density at radius 3 is 3.00 bits per heavy atom. The van der Waals surface area contributed by atoms with Crippen LogP contribution in [-0.4, -0.2) is 10.1 Å². The number of hydrogen-bond donors (Lipinski definition) is 1. The highest BCUT2D eigenvalue weighted by molar-refractivity contribution is 5.29. The SMILES string of the molecule is C=C(C#N)[C@@H](O)c1cccnc1. The van der Waals surface area contributed by atoms with Crippen molar-refractivity contribution in [3.63, 3.8) is 0 Å². The van der Waals surface area contributed by atoms with E-state index in [1.54, 1.807) is 24.4 Å². The molecule has 60 valence electrons. The molecule has 12 heavy (non-hydrogen) atoms. The number of pyridine rings is 1. The smallest absolute Gasteiger partial charge is 0.115 e. The van der Waals surface area contributed by atoms with Crippen molar-refractivity contribution in [1.29, 1.82) is 5.26 Å². The predicted octanol–water partition coefficient (Wildman–Crippen LogP) is 1.19. The fourth-order valence-corrected chi connectivity index (χ4v) is 0.800. The van der Waals surface area contributed by atoms with Gasteiger partial charge in [-0.2, -0.15) is 5.26 Å². The summed E-state index contributed by atoms with van der Waals surface area (Å²) in [5, 5.41) is 17.9. The molecule has 1 rings (SSSR count). The monoisotopic (exact) mass is 160 g/mol. The topological polar surface area (TPSA) is 56.9 Å². The third kappa shape index (κ3) is 1.68. The number of nitriles is 1. The van der Waals surface area contributed by atoms with Crippen LogP contribution in [0.3, 0.4) is 0 Å². The molecule has 0 aliphatic heterocycles. The Hall–Kier alpha value is -1.66. The fraction of sp³-hybridized carbons (Fsp3) is 0.111. The Morgan fingerprint density at radius 2 is 2.50 bits per heavy atom. The lowest BCUT2D eigenvalue weighted by atomic mass is 10.1. The highest BCUT2D eigenvalue weighted by Crippen LogP contribution is 2.17. The van der Waals surface area contributed by atoms with Gasteiger partial charge in [0.05, 0.1) is 11.6 Å². The van der Waals surface area contributed by atoms with Gasteiger partial charge in [0, 0.05) is 18.0 Å². The Bertz CT molecular complexity index is 313. The molecule has 1 aromatic rings. The molecule has 3 nitrogen and oxygen atoms in total. The summed E-state index contributed by atoms with van der Waals surface area (Å²) in [7, 11) is 0. The lowest BCUT2D eigenvalue weighted by Crippen LogP contribution is -1.98. The van der Waals surface area contributed by atoms with E-state index < -0.39 is 6.10 Å². The highest BCUT2D eigenvalue weighted by atomic mass is 16.3. The van der Waals surface area contributed by atoms with Crippen molar-refractivity contribution in [2.24, 2.45) is 0 Å².